The zero-order valence-corrected chi connectivity index (χ0v) is 11.7. The quantitative estimate of drug-likeness (QED) is 0.727. The van der Waals surface area contributed by atoms with E-state index in [-0.39, 0.29) is 0 Å². The van der Waals surface area contributed by atoms with Crippen LogP contribution in [0.1, 0.15) is 39.0 Å². The highest BCUT2D eigenvalue weighted by molar-refractivity contribution is 6.80. The molecule has 1 saturated carbocycles. The lowest BCUT2D eigenvalue weighted by Gasteiger charge is -2.36. The SMILES string of the molecule is C[C@]1(O)CCCC[C@@H]1C/C=C/[Si](C)(C)C. The lowest BCUT2D eigenvalue weighted by Crippen LogP contribution is -2.37. The summed E-state index contributed by atoms with van der Waals surface area (Å²) >= 11 is 0. The highest BCUT2D eigenvalue weighted by Gasteiger charge is 2.33. The Bertz CT molecular complexity index is 225. The summed E-state index contributed by atoms with van der Waals surface area (Å²) in [6.45, 7) is 9.06. The van der Waals surface area contributed by atoms with Gasteiger partial charge >= 0.3 is 0 Å². The van der Waals surface area contributed by atoms with E-state index in [1.807, 2.05) is 6.92 Å². The molecule has 0 amide bonds. The summed E-state index contributed by atoms with van der Waals surface area (Å²) in [4.78, 5) is 0. The maximum absolute atomic E-state index is 10.2. The van der Waals surface area contributed by atoms with Crippen LogP contribution in [0.2, 0.25) is 19.6 Å². The van der Waals surface area contributed by atoms with Crippen LogP contribution in [0.5, 0.6) is 0 Å². The lowest BCUT2D eigenvalue weighted by atomic mass is 9.75. The molecule has 0 aliphatic heterocycles. The topological polar surface area (TPSA) is 20.2 Å². The predicted octanol–water partition coefficient (Wildman–Crippen LogP) is 3.75. The number of aliphatic hydroxyl groups is 1. The molecule has 1 N–H and O–H groups in total. The molecule has 0 aromatic rings. The van der Waals surface area contributed by atoms with Gasteiger partial charge in [-0.25, -0.2) is 0 Å². The average molecular weight is 226 g/mol. The van der Waals surface area contributed by atoms with Gasteiger partial charge in [-0.2, -0.15) is 0 Å². The van der Waals surface area contributed by atoms with Crippen LogP contribution >= 0.6 is 0 Å². The molecular formula is C13H26OSi. The summed E-state index contributed by atoms with van der Waals surface area (Å²) in [5.41, 5.74) is 1.99. The van der Waals surface area contributed by atoms with Gasteiger partial charge in [-0.3, -0.25) is 0 Å². The Morgan fingerprint density at radius 2 is 2.00 bits per heavy atom. The molecule has 2 heteroatoms. The van der Waals surface area contributed by atoms with E-state index in [9.17, 15) is 5.11 Å². The van der Waals surface area contributed by atoms with Crippen molar-refractivity contribution < 1.29 is 5.11 Å². The van der Waals surface area contributed by atoms with E-state index >= 15 is 0 Å². The predicted molar refractivity (Wildman–Crippen MR) is 69.7 cm³/mol. The van der Waals surface area contributed by atoms with Gasteiger partial charge in [-0.15, -0.1) is 0 Å². The Hall–Kier alpha value is -0.0831. The Morgan fingerprint density at radius 3 is 2.53 bits per heavy atom. The fraction of sp³-hybridized carbons (Fsp3) is 0.846. The van der Waals surface area contributed by atoms with E-state index in [2.05, 4.69) is 31.4 Å². The van der Waals surface area contributed by atoms with Crippen molar-refractivity contribution in [3.63, 3.8) is 0 Å². The fourth-order valence-corrected chi connectivity index (χ4v) is 3.19. The van der Waals surface area contributed by atoms with Crippen LogP contribution < -0.4 is 0 Å². The van der Waals surface area contributed by atoms with Crippen molar-refractivity contribution in [2.24, 2.45) is 5.92 Å². The maximum Gasteiger partial charge on any atom is 0.0682 e. The van der Waals surface area contributed by atoms with Crippen LogP contribution in [0.4, 0.5) is 0 Å². The van der Waals surface area contributed by atoms with Crippen LogP contribution in [0, 0.1) is 5.92 Å². The molecule has 1 aliphatic carbocycles. The zero-order valence-electron chi connectivity index (χ0n) is 10.7. The summed E-state index contributed by atoms with van der Waals surface area (Å²) < 4.78 is 0. The summed E-state index contributed by atoms with van der Waals surface area (Å²) in [7, 11) is -1.05. The van der Waals surface area contributed by atoms with Crippen molar-refractivity contribution in [2.75, 3.05) is 0 Å². The molecule has 0 bridgehead atoms. The minimum atomic E-state index is -1.05. The maximum atomic E-state index is 10.2. The number of rotatable bonds is 3. The monoisotopic (exact) mass is 226 g/mol. The summed E-state index contributed by atoms with van der Waals surface area (Å²) in [6, 6.07) is 0. The van der Waals surface area contributed by atoms with Crippen molar-refractivity contribution in [2.45, 2.75) is 64.3 Å². The molecule has 1 nitrogen and oxygen atoms in total. The summed E-state index contributed by atoms with van der Waals surface area (Å²) in [5, 5.41) is 10.2. The highest BCUT2D eigenvalue weighted by atomic mass is 28.3. The molecule has 0 unspecified atom stereocenters. The van der Waals surface area contributed by atoms with Crippen molar-refractivity contribution in [1.29, 1.82) is 0 Å². The van der Waals surface area contributed by atoms with Gasteiger partial charge in [0.2, 0.25) is 0 Å². The molecule has 1 fully saturated rings. The van der Waals surface area contributed by atoms with Crippen LogP contribution in [0.25, 0.3) is 0 Å². The van der Waals surface area contributed by atoms with Gasteiger partial charge in [0, 0.05) is 0 Å². The molecule has 88 valence electrons. The molecule has 0 saturated heterocycles. The smallest absolute Gasteiger partial charge is 0.0682 e. The average Bonchev–Trinajstić information content (AvgIpc) is 2.05. The minimum Gasteiger partial charge on any atom is -0.390 e. The van der Waals surface area contributed by atoms with Gasteiger partial charge in [0.25, 0.3) is 0 Å². The number of hydrogen-bond acceptors (Lipinski definition) is 1. The van der Waals surface area contributed by atoms with Crippen molar-refractivity contribution in [3.8, 4) is 0 Å². The van der Waals surface area contributed by atoms with Crippen LogP contribution in [0.3, 0.4) is 0 Å². The van der Waals surface area contributed by atoms with E-state index in [1.165, 1.54) is 19.3 Å². The largest absolute Gasteiger partial charge is 0.390 e. The van der Waals surface area contributed by atoms with E-state index in [4.69, 9.17) is 0 Å². The first-order chi connectivity index (χ1) is 6.81. The van der Waals surface area contributed by atoms with Gasteiger partial charge in [0.15, 0.2) is 0 Å². The van der Waals surface area contributed by atoms with Gasteiger partial charge in [0.05, 0.1) is 13.7 Å². The Labute approximate surface area is 95.6 Å². The second kappa shape index (κ2) is 4.83. The van der Waals surface area contributed by atoms with Gasteiger partial charge in [-0.1, -0.05) is 44.3 Å². The van der Waals surface area contributed by atoms with Crippen LogP contribution in [0.15, 0.2) is 11.8 Å². The first kappa shape index (κ1) is 13.0. The van der Waals surface area contributed by atoms with Gasteiger partial charge in [-0.05, 0) is 32.1 Å². The van der Waals surface area contributed by atoms with Gasteiger partial charge in [0.1, 0.15) is 0 Å². The second-order valence-electron chi connectivity index (χ2n) is 6.30. The molecular weight excluding hydrogens is 200 g/mol. The van der Waals surface area contributed by atoms with E-state index in [1.54, 1.807) is 0 Å². The fourth-order valence-electron chi connectivity index (χ4n) is 2.35. The third-order valence-corrected chi connectivity index (χ3v) is 4.64. The molecule has 0 aromatic heterocycles. The lowest BCUT2D eigenvalue weighted by molar-refractivity contribution is -0.0303. The number of hydrogen-bond donors (Lipinski definition) is 1. The van der Waals surface area contributed by atoms with Crippen molar-refractivity contribution in [1.82, 2.24) is 0 Å². The first-order valence-electron chi connectivity index (χ1n) is 6.21. The molecule has 0 aromatic carbocycles. The zero-order chi connectivity index (χ0) is 11.5. The normalized spacial score (nSPS) is 33.5. The molecule has 1 aliphatic rings. The molecule has 0 spiro atoms. The number of allylic oxidation sites excluding steroid dienone is 1. The van der Waals surface area contributed by atoms with E-state index in [0.717, 1.165) is 12.8 Å². The molecule has 0 radical (unpaired) electrons. The van der Waals surface area contributed by atoms with Crippen LogP contribution in [-0.4, -0.2) is 18.8 Å². The molecule has 0 heterocycles. The standard InChI is InChI=1S/C13H26OSi/c1-13(14)10-6-5-8-12(13)9-7-11-15(2,3)4/h7,11-12,14H,5-6,8-10H2,1-4H3/b11-7+/t12-,13+/m1/s1. The second-order valence-corrected chi connectivity index (χ2v) is 11.4. The summed E-state index contributed by atoms with van der Waals surface area (Å²) in [5.74, 6) is 0.485. The molecule has 1 rings (SSSR count). The highest BCUT2D eigenvalue weighted by Crippen LogP contribution is 2.35. The third-order valence-electron chi connectivity index (χ3n) is 3.40. The molecule has 2 atom stereocenters. The van der Waals surface area contributed by atoms with Gasteiger partial charge < -0.3 is 5.11 Å². The Balaban J connectivity index is 2.47. The van der Waals surface area contributed by atoms with Crippen LogP contribution in [-0.2, 0) is 0 Å². The Morgan fingerprint density at radius 1 is 1.33 bits per heavy atom. The van der Waals surface area contributed by atoms with Crippen molar-refractivity contribution >= 4 is 8.07 Å². The first-order valence-corrected chi connectivity index (χ1v) is 9.79. The molecule has 15 heavy (non-hydrogen) atoms. The Kier molecular flexibility index (Phi) is 4.18. The van der Waals surface area contributed by atoms with E-state index in [0.29, 0.717) is 5.92 Å². The van der Waals surface area contributed by atoms with Crippen molar-refractivity contribution in [3.05, 3.63) is 11.8 Å². The minimum absolute atomic E-state index is 0.415. The summed E-state index contributed by atoms with van der Waals surface area (Å²) in [6.07, 6.45) is 8.05. The third kappa shape index (κ3) is 4.52. The van der Waals surface area contributed by atoms with E-state index < -0.39 is 13.7 Å².